The van der Waals surface area contributed by atoms with Gasteiger partial charge in [-0.3, -0.25) is 9.69 Å². The van der Waals surface area contributed by atoms with E-state index in [1.807, 2.05) is 31.2 Å². The van der Waals surface area contributed by atoms with Crippen LogP contribution in [-0.4, -0.2) is 30.4 Å². The first kappa shape index (κ1) is 16.3. The average Bonchev–Trinajstić information content (AvgIpc) is 2.97. The summed E-state index contributed by atoms with van der Waals surface area (Å²) in [5.41, 5.74) is 3.80. The van der Waals surface area contributed by atoms with Gasteiger partial charge in [0.1, 0.15) is 5.82 Å². The van der Waals surface area contributed by atoms with Crippen LogP contribution in [0.3, 0.4) is 0 Å². The van der Waals surface area contributed by atoms with Gasteiger partial charge in [0.15, 0.2) is 0 Å². The Morgan fingerprint density at radius 1 is 1.04 bits per heavy atom. The van der Waals surface area contributed by atoms with Crippen molar-refractivity contribution in [1.82, 2.24) is 10.2 Å². The van der Waals surface area contributed by atoms with Crippen molar-refractivity contribution < 1.29 is 14.0 Å². The number of amides is 3. The third-order valence-corrected chi connectivity index (χ3v) is 4.91. The number of anilines is 1. The minimum Gasteiger partial charge on any atom is -0.327 e. The Kier molecular flexibility index (Phi) is 3.76. The molecule has 132 valence electrons. The van der Waals surface area contributed by atoms with Crippen molar-refractivity contribution in [2.45, 2.75) is 13.0 Å². The summed E-state index contributed by atoms with van der Waals surface area (Å²) in [6.45, 7) is 2.27. The van der Waals surface area contributed by atoms with Crippen LogP contribution in [0.4, 0.5) is 14.9 Å². The molecule has 26 heavy (non-hydrogen) atoms. The molecule has 2 aromatic carbocycles. The Labute approximate surface area is 150 Å². The van der Waals surface area contributed by atoms with Crippen LogP contribution in [0.5, 0.6) is 0 Å². The van der Waals surface area contributed by atoms with Gasteiger partial charge < -0.3 is 10.2 Å². The van der Waals surface area contributed by atoms with Crippen LogP contribution in [0.15, 0.2) is 59.8 Å². The zero-order valence-electron chi connectivity index (χ0n) is 14.5. The van der Waals surface area contributed by atoms with E-state index in [2.05, 4.69) is 5.32 Å². The zero-order valence-corrected chi connectivity index (χ0v) is 14.5. The van der Waals surface area contributed by atoms with Crippen molar-refractivity contribution in [3.8, 4) is 0 Å². The third-order valence-electron chi connectivity index (χ3n) is 4.91. The number of urea groups is 1. The largest absolute Gasteiger partial charge is 0.327 e. The molecule has 0 saturated carbocycles. The molecule has 1 N–H and O–H groups in total. The Bertz CT molecular complexity index is 919. The predicted molar refractivity (Wildman–Crippen MR) is 96.0 cm³/mol. The number of benzene rings is 2. The summed E-state index contributed by atoms with van der Waals surface area (Å²) in [6.07, 6.45) is 0. The first-order valence-corrected chi connectivity index (χ1v) is 8.37. The van der Waals surface area contributed by atoms with E-state index in [4.69, 9.17) is 0 Å². The second kappa shape index (κ2) is 5.98. The van der Waals surface area contributed by atoms with E-state index in [0.717, 1.165) is 11.1 Å². The maximum absolute atomic E-state index is 13.2. The molecule has 2 aliphatic heterocycles. The number of aryl methyl sites for hydroxylation is 1. The second-order valence-electron chi connectivity index (χ2n) is 6.58. The molecule has 3 amide bonds. The van der Waals surface area contributed by atoms with Crippen molar-refractivity contribution in [3.63, 3.8) is 0 Å². The monoisotopic (exact) mass is 351 g/mol. The fourth-order valence-electron chi connectivity index (χ4n) is 3.41. The first-order valence-electron chi connectivity index (χ1n) is 8.37. The van der Waals surface area contributed by atoms with Crippen molar-refractivity contribution in [1.29, 1.82) is 0 Å². The van der Waals surface area contributed by atoms with Crippen molar-refractivity contribution in [2.75, 3.05) is 18.5 Å². The summed E-state index contributed by atoms with van der Waals surface area (Å²) in [5.74, 6) is -0.534. The van der Waals surface area contributed by atoms with Gasteiger partial charge in [0.25, 0.3) is 5.91 Å². The van der Waals surface area contributed by atoms with Gasteiger partial charge in [-0.1, -0.05) is 29.8 Å². The van der Waals surface area contributed by atoms with Crippen molar-refractivity contribution >= 4 is 17.6 Å². The smallest absolute Gasteiger partial charge is 0.322 e. The summed E-state index contributed by atoms with van der Waals surface area (Å²) < 4.78 is 13.2. The molecule has 1 atom stereocenters. The maximum atomic E-state index is 13.2. The highest BCUT2D eigenvalue weighted by Crippen LogP contribution is 2.37. The Morgan fingerprint density at radius 3 is 2.35 bits per heavy atom. The Balaban J connectivity index is 1.75. The number of rotatable bonds is 2. The third kappa shape index (κ3) is 2.54. The number of carbonyl (C=O) groups excluding carboxylic acids is 2. The summed E-state index contributed by atoms with van der Waals surface area (Å²) in [7, 11) is 1.65. The quantitative estimate of drug-likeness (QED) is 0.904. The number of hydrogen-bond donors (Lipinski definition) is 1. The number of likely N-dealkylation sites (N-methyl/N-ethyl adjacent to an activating group) is 1. The van der Waals surface area contributed by atoms with Gasteiger partial charge in [0.05, 0.1) is 23.9 Å². The first-order chi connectivity index (χ1) is 12.5. The van der Waals surface area contributed by atoms with E-state index in [1.165, 1.54) is 17.0 Å². The fourth-order valence-corrected chi connectivity index (χ4v) is 3.41. The fraction of sp³-hybridized carbons (Fsp3) is 0.200. The Hall–Kier alpha value is -3.15. The SMILES string of the molecule is Cc1ccc(C2NC(=O)N(C)C3=C2C(=O)N(c2ccc(F)cc2)C3)cc1. The number of hydrogen-bond acceptors (Lipinski definition) is 2. The Morgan fingerprint density at radius 2 is 1.69 bits per heavy atom. The minimum atomic E-state index is -0.493. The van der Waals surface area contributed by atoms with E-state index in [1.54, 1.807) is 24.1 Å². The van der Waals surface area contributed by atoms with Gasteiger partial charge in [-0.15, -0.1) is 0 Å². The maximum Gasteiger partial charge on any atom is 0.322 e. The zero-order chi connectivity index (χ0) is 18.4. The molecule has 0 aromatic heterocycles. The van der Waals surface area contributed by atoms with Crippen LogP contribution in [0.1, 0.15) is 17.2 Å². The lowest BCUT2D eigenvalue weighted by molar-refractivity contribution is -0.114. The lowest BCUT2D eigenvalue weighted by Crippen LogP contribution is -2.45. The van der Waals surface area contributed by atoms with Crippen LogP contribution < -0.4 is 10.2 Å². The molecule has 0 fully saturated rings. The highest BCUT2D eigenvalue weighted by Gasteiger charge is 2.43. The molecule has 4 rings (SSSR count). The van der Waals surface area contributed by atoms with Crippen LogP contribution >= 0.6 is 0 Å². The molecule has 2 aromatic rings. The van der Waals surface area contributed by atoms with E-state index < -0.39 is 6.04 Å². The predicted octanol–water partition coefficient (Wildman–Crippen LogP) is 3.13. The van der Waals surface area contributed by atoms with E-state index in [0.29, 0.717) is 17.0 Å². The molecular weight excluding hydrogens is 333 g/mol. The van der Waals surface area contributed by atoms with Gasteiger partial charge in [-0.2, -0.15) is 0 Å². The number of halogens is 1. The summed E-state index contributed by atoms with van der Waals surface area (Å²) in [5, 5.41) is 2.91. The molecule has 0 bridgehead atoms. The summed E-state index contributed by atoms with van der Waals surface area (Å²) >= 11 is 0. The molecule has 0 aliphatic carbocycles. The minimum absolute atomic E-state index is 0.177. The van der Waals surface area contributed by atoms with E-state index in [-0.39, 0.29) is 24.3 Å². The van der Waals surface area contributed by atoms with Crippen LogP contribution in [0, 0.1) is 12.7 Å². The molecule has 1 unspecified atom stereocenters. The van der Waals surface area contributed by atoms with Gasteiger partial charge >= 0.3 is 6.03 Å². The molecule has 0 saturated heterocycles. The molecular formula is C20H18FN3O2. The molecule has 6 heteroatoms. The molecule has 2 aliphatic rings. The van der Waals surface area contributed by atoms with Crippen molar-refractivity contribution in [2.24, 2.45) is 0 Å². The van der Waals surface area contributed by atoms with Crippen LogP contribution in [-0.2, 0) is 4.79 Å². The number of nitrogens with one attached hydrogen (secondary N) is 1. The summed E-state index contributed by atoms with van der Waals surface area (Å²) in [6, 6.07) is 12.8. The van der Waals surface area contributed by atoms with Gasteiger partial charge in [0, 0.05) is 12.7 Å². The number of nitrogens with zero attached hydrogens (tertiary/aromatic N) is 2. The van der Waals surface area contributed by atoms with Crippen LogP contribution in [0.25, 0.3) is 0 Å². The van der Waals surface area contributed by atoms with Crippen molar-refractivity contribution in [3.05, 3.63) is 76.7 Å². The lowest BCUT2D eigenvalue weighted by atomic mass is 9.95. The van der Waals surface area contributed by atoms with Crippen LogP contribution in [0.2, 0.25) is 0 Å². The average molecular weight is 351 g/mol. The second-order valence-corrected chi connectivity index (χ2v) is 6.58. The normalized spacial score (nSPS) is 19.7. The highest BCUT2D eigenvalue weighted by molar-refractivity contribution is 6.11. The molecule has 0 radical (unpaired) electrons. The topological polar surface area (TPSA) is 52.7 Å². The standard InChI is InChI=1S/C20H18FN3O2/c1-12-3-5-13(6-4-12)18-17-16(23(2)20(26)22-18)11-24(19(17)25)15-9-7-14(21)8-10-15/h3-10,18H,11H2,1-2H3,(H,22,26). The van der Waals surface area contributed by atoms with Gasteiger partial charge in [-0.05, 0) is 36.8 Å². The highest BCUT2D eigenvalue weighted by atomic mass is 19.1. The van der Waals surface area contributed by atoms with E-state index >= 15 is 0 Å². The molecule has 5 nitrogen and oxygen atoms in total. The van der Waals surface area contributed by atoms with E-state index in [9.17, 15) is 14.0 Å². The number of carbonyl (C=O) groups is 2. The van der Waals surface area contributed by atoms with Gasteiger partial charge in [0.2, 0.25) is 0 Å². The van der Waals surface area contributed by atoms with Gasteiger partial charge in [-0.25, -0.2) is 9.18 Å². The lowest BCUT2D eigenvalue weighted by Gasteiger charge is -2.31. The molecule has 0 spiro atoms. The molecule has 2 heterocycles. The summed E-state index contributed by atoms with van der Waals surface area (Å²) in [4.78, 5) is 28.6.